The van der Waals surface area contributed by atoms with E-state index in [1.54, 1.807) is 6.08 Å². The van der Waals surface area contributed by atoms with Gasteiger partial charge in [0.25, 0.3) is 0 Å². The Labute approximate surface area is 300 Å². The number of unbranched alkanes of at least 4 members (excludes halogenated alkanes) is 14. The van der Waals surface area contributed by atoms with E-state index < -0.39 is 12.2 Å². The lowest BCUT2D eigenvalue weighted by Crippen LogP contribution is -2.25. The summed E-state index contributed by atoms with van der Waals surface area (Å²) < 4.78 is 10.3. The van der Waals surface area contributed by atoms with Gasteiger partial charge in [-0.1, -0.05) is 177 Å². The molecule has 6 heteroatoms. The molecule has 0 aromatic rings. The second-order valence-electron chi connectivity index (χ2n) is 12.9. The van der Waals surface area contributed by atoms with Crippen LogP contribution in [0.2, 0.25) is 0 Å². The molecule has 280 valence electrons. The topological polar surface area (TPSA) is 93.1 Å². The molecule has 2 N–H and O–H groups in total. The van der Waals surface area contributed by atoms with Crippen LogP contribution in [0.1, 0.15) is 162 Å². The predicted octanol–water partition coefficient (Wildman–Crippen LogP) is 11.1. The number of allylic oxidation sites excluding steroid dienone is 10. The molecule has 0 rings (SSSR count). The van der Waals surface area contributed by atoms with Crippen LogP contribution in [0.15, 0.2) is 72.9 Å². The minimum Gasteiger partial charge on any atom is -0.463 e. The summed E-state index contributed by atoms with van der Waals surface area (Å²) in [5.41, 5.74) is 0. The fourth-order valence-corrected chi connectivity index (χ4v) is 5.08. The van der Waals surface area contributed by atoms with Crippen LogP contribution in [0.4, 0.5) is 0 Å². The summed E-state index contributed by atoms with van der Waals surface area (Å²) in [7, 11) is 0. The average Bonchev–Trinajstić information content (AvgIpc) is 3.10. The Kier molecular flexibility index (Phi) is 36.0. The molecule has 0 aliphatic carbocycles. The zero-order chi connectivity index (χ0) is 35.9. The van der Waals surface area contributed by atoms with Gasteiger partial charge in [-0.05, 0) is 44.9 Å². The minimum atomic E-state index is -1.01. The SMILES string of the molecule is CC/C=C\C/C=C\CC(O)/C=C/C=C\C/C=C\C/C=C\CCC(=O)OC[C@H](O)COC(=O)CCCCCCCCCCCCCCCCC. The van der Waals surface area contributed by atoms with Gasteiger partial charge in [0.1, 0.15) is 19.3 Å². The molecule has 1 unspecified atom stereocenters. The molecule has 0 radical (unpaired) electrons. The minimum absolute atomic E-state index is 0.153. The first kappa shape index (κ1) is 46.3. The Morgan fingerprint density at radius 1 is 0.531 bits per heavy atom. The fraction of sp³-hybridized carbons (Fsp3) is 0.674. The summed E-state index contributed by atoms with van der Waals surface area (Å²) in [6, 6.07) is 0. The third-order valence-electron chi connectivity index (χ3n) is 8.05. The molecular formula is C43H72O6. The first-order valence-corrected chi connectivity index (χ1v) is 19.6. The highest BCUT2D eigenvalue weighted by molar-refractivity contribution is 5.70. The Morgan fingerprint density at radius 3 is 1.57 bits per heavy atom. The molecular weight excluding hydrogens is 612 g/mol. The molecule has 6 nitrogen and oxygen atoms in total. The van der Waals surface area contributed by atoms with Gasteiger partial charge in [0.15, 0.2) is 0 Å². The van der Waals surface area contributed by atoms with Crippen LogP contribution in [0.25, 0.3) is 0 Å². The number of aliphatic hydroxyl groups is 2. The summed E-state index contributed by atoms with van der Waals surface area (Å²) in [6.07, 6.45) is 47.1. The van der Waals surface area contributed by atoms with Gasteiger partial charge in [-0.15, -0.1) is 0 Å². The van der Waals surface area contributed by atoms with Gasteiger partial charge in [0.2, 0.25) is 0 Å². The summed E-state index contributed by atoms with van der Waals surface area (Å²) >= 11 is 0. The molecule has 0 aromatic heterocycles. The molecule has 0 heterocycles. The van der Waals surface area contributed by atoms with Gasteiger partial charge in [0.05, 0.1) is 6.10 Å². The highest BCUT2D eigenvalue weighted by Crippen LogP contribution is 2.14. The van der Waals surface area contributed by atoms with E-state index in [9.17, 15) is 19.8 Å². The van der Waals surface area contributed by atoms with E-state index in [0.717, 1.165) is 44.9 Å². The molecule has 0 aliphatic heterocycles. The standard InChI is InChI=1S/C43H72O6/c1-3-5-7-9-11-12-13-14-15-16-17-21-24-28-32-36-42(46)48-38-41(45)39-49-43(47)37-33-29-25-22-19-18-20-23-27-31-35-40(44)34-30-26-10-8-6-4-2/h6,8,18-19,23,25-27,29-31,35,40-41,44-45H,3-5,7,9-17,20-22,24,28,32-34,36-39H2,1-2H3/b8-6-,19-18-,27-23-,29-25-,30-26-,35-31+/t40?,41-/m1/s1. The van der Waals surface area contributed by atoms with E-state index in [0.29, 0.717) is 19.3 Å². The maximum atomic E-state index is 12.0. The van der Waals surface area contributed by atoms with Crippen LogP contribution >= 0.6 is 0 Å². The molecule has 0 saturated heterocycles. The predicted molar refractivity (Wildman–Crippen MR) is 206 cm³/mol. The summed E-state index contributed by atoms with van der Waals surface area (Å²) in [5.74, 6) is -0.691. The summed E-state index contributed by atoms with van der Waals surface area (Å²) in [6.45, 7) is 4.05. The monoisotopic (exact) mass is 685 g/mol. The summed E-state index contributed by atoms with van der Waals surface area (Å²) in [4.78, 5) is 23.9. The zero-order valence-electron chi connectivity index (χ0n) is 31.3. The van der Waals surface area contributed by atoms with E-state index in [1.807, 2.05) is 36.5 Å². The van der Waals surface area contributed by atoms with Gasteiger partial charge in [-0.25, -0.2) is 0 Å². The van der Waals surface area contributed by atoms with Crippen LogP contribution in [0.3, 0.4) is 0 Å². The van der Waals surface area contributed by atoms with Crippen molar-refractivity contribution in [3.8, 4) is 0 Å². The number of carbonyl (C=O) groups excluding carboxylic acids is 2. The van der Waals surface area contributed by atoms with Gasteiger partial charge in [-0.2, -0.15) is 0 Å². The van der Waals surface area contributed by atoms with Crippen molar-refractivity contribution in [2.24, 2.45) is 0 Å². The Hall–Kier alpha value is -2.70. The molecule has 0 aromatic carbocycles. The Morgan fingerprint density at radius 2 is 1.00 bits per heavy atom. The maximum absolute atomic E-state index is 12.0. The van der Waals surface area contributed by atoms with Gasteiger partial charge in [-0.3, -0.25) is 9.59 Å². The van der Waals surface area contributed by atoms with E-state index in [2.05, 4.69) is 44.2 Å². The van der Waals surface area contributed by atoms with Crippen molar-refractivity contribution in [3.05, 3.63) is 72.9 Å². The van der Waals surface area contributed by atoms with Crippen molar-refractivity contribution in [3.63, 3.8) is 0 Å². The van der Waals surface area contributed by atoms with Crippen molar-refractivity contribution < 1.29 is 29.3 Å². The molecule has 0 aliphatic rings. The summed E-state index contributed by atoms with van der Waals surface area (Å²) in [5, 5.41) is 19.9. The highest BCUT2D eigenvalue weighted by Gasteiger charge is 2.11. The second kappa shape index (κ2) is 38.1. The quantitative estimate of drug-likeness (QED) is 0.0303. The fourth-order valence-electron chi connectivity index (χ4n) is 5.08. The highest BCUT2D eigenvalue weighted by atomic mass is 16.6. The number of rotatable bonds is 34. The van der Waals surface area contributed by atoms with Crippen LogP contribution in [0, 0.1) is 0 Å². The number of aliphatic hydroxyl groups excluding tert-OH is 2. The lowest BCUT2D eigenvalue weighted by Gasteiger charge is -2.12. The smallest absolute Gasteiger partial charge is 0.306 e. The Balaban J connectivity index is 3.64. The zero-order valence-corrected chi connectivity index (χ0v) is 31.3. The van der Waals surface area contributed by atoms with Crippen molar-refractivity contribution >= 4 is 11.9 Å². The van der Waals surface area contributed by atoms with Crippen LogP contribution < -0.4 is 0 Å². The Bertz CT molecular complexity index is 929. The van der Waals surface area contributed by atoms with E-state index in [-0.39, 0.29) is 31.6 Å². The van der Waals surface area contributed by atoms with E-state index >= 15 is 0 Å². The lowest BCUT2D eigenvalue weighted by molar-refractivity contribution is -0.152. The van der Waals surface area contributed by atoms with E-state index in [4.69, 9.17) is 9.47 Å². The van der Waals surface area contributed by atoms with Gasteiger partial charge < -0.3 is 19.7 Å². The number of hydrogen-bond donors (Lipinski definition) is 2. The van der Waals surface area contributed by atoms with Crippen molar-refractivity contribution in [1.82, 2.24) is 0 Å². The molecule has 0 spiro atoms. The number of ether oxygens (including phenoxy) is 2. The van der Waals surface area contributed by atoms with Crippen molar-refractivity contribution in [1.29, 1.82) is 0 Å². The number of esters is 2. The van der Waals surface area contributed by atoms with Crippen molar-refractivity contribution in [2.45, 2.75) is 174 Å². The average molecular weight is 685 g/mol. The molecule has 0 amide bonds. The lowest BCUT2D eigenvalue weighted by atomic mass is 10.0. The normalized spacial score (nSPS) is 13.6. The molecule has 0 bridgehead atoms. The molecule has 0 fully saturated rings. The first-order valence-electron chi connectivity index (χ1n) is 19.6. The number of carbonyl (C=O) groups is 2. The second-order valence-corrected chi connectivity index (χ2v) is 12.9. The van der Waals surface area contributed by atoms with E-state index in [1.165, 1.54) is 77.0 Å². The molecule has 49 heavy (non-hydrogen) atoms. The first-order chi connectivity index (χ1) is 24.0. The van der Waals surface area contributed by atoms with Crippen LogP contribution in [0.5, 0.6) is 0 Å². The maximum Gasteiger partial charge on any atom is 0.306 e. The molecule has 2 atom stereocenters. The third kappa shape index (κ3) is 38.0. The third-order valence-corrected chi connectivity index (χ3v) is 8.05. The van der Waals surface area contributed by atoms with Crippen LogP contribution in [-0.4, -0.2) is 47.6 Å². The van der Waals surface area contributed by atoms with Gasteiger partial charge >= 0.3 is 11.9 Å². The molecule has 0 saturated carbocycles. The van der Waals surface area contributed by atoms with Gasteiger partial charge in [0, 0.05) is 12.8 Å². The largest absolute Gasteiger partial charge is 0.463 e. The van der Waals surface area contributed by atoms with Crippen LogP contribution in [-0.2, 0) is 19.1 Å². The van der Waals surface area contributed by atoms with Crippen molar-refractivity contribution in [2.75, 3.05) is 13.2 Å². The number of hydrogen-bond acceptors (Lipinski definition) is 6.